The third kappa shape index (κ3) is 3.30. The number of rotatable bonds is 3. The zero-order valence-electron chi connectivity index (χ0n) is 10.8. The van der Waals surface area contributed by atoms with Gasteiger partial charge in [-0.15, -0.1) is 0 Å². The molecule has 2 rings (SSSR count). The van der Waals surface area contributed by atoms with Crippen LogP contribution in [0.2, 0.25) is 5.02 Å². The van der Waals surface area contributed by atoms with Crippen molar-refractivity contribution in [2.75, 3.05) is 5.73 Å². The number of carbonyl (C=O) groups excluding carboxylic acids is 1. The Morgan fingerprint density at radius 3 is 2.86 bits per heavy atom. The topological polar surface area (TPSA) is 76.1 Å². The average Bonchev–Trinajstić information content (AvgIpc) is 2.49. The van der Waals surface area contributed by atoms with Gasteiger partial charge in [-0.05, 0) is 29.8 Å². The molecular formula is C15H10ClFN2O2. The summed E-state index contributed by atoms with van der Waals surface area (Å²) in [6, 6.07) is 10.3. The zero-order chi connectivity index (χ0) is 15.4. The Kier molecular flexibility index (Phi) is 4.41. The van der Waals surface area contributed by atoms with E-state index in [4.69, 9.17) is 27.3 Å². The van der Waals surface area contributed by atoms with Gasteiger partial charge in [-0.1, -0.05) is 23.7 Å². The summed E-state index contributed by atoms with van der Waals surface area (Å²) >= 11 is 5.82. The fourth-order valence-corrected chi connectivity index (χ4v) is 1.86. The van der Waals surface area contributed by atoms with Crippen molar-refractivity contribution in [3.63, 3.8) is 0 Å². The van der Waals surface area contributed by atoms with Crippen LogP contribution in [0.4, 0.5) is 10.1 Å². The first kappa shape index (κ1) is 14.8. The third-order valence-electron chi connectivity index (χ3n) is 2.79. The second-order valence-electron chi connectivity index (χ2n) is 4.20. The van der Waals surface area contributed by atoms with Crippen molar-refractivity contribution < 1.29 is 13.9 Å². The molecule has 2 aromatic carbocycles. The number of nitriles is 1. The molecule has 0 saturated heterocycles. The molecule has 2 aromatic rings. The van der Waals surface area contributed by atoms with Crippen molar-refractivity contribution in [1.29, 1.82) is 5.26 Å². The molecule has 6 heteroatoms. The first-order chi connectivity index (χ1) is 10.0. The highest BCUT2D eigenvalue weighted by Gasteiger charge is 2.13. The van der Waals surface area contributed by atoms with Crippen molar-refractivity contribution in [3.8, 4) is 6.07 Å². The van der Waals surface area contributed by atoms with E-state index in [1.165, 1.54) is 18.2 Å². The van der Waals surface area contributed by atoms with Crippen molar-refractivity contribution >= 4 is 23.3 Å². The Hall–Kier alpha value is -2.58. The Morgan fingerprint density at radius 2 is 2.14 bits per heavy atom. The highest BCUT2D eigenvalue weighted by atomic mass is 35.5. The van der Waals surface area contributed by atoms with Gasteiger partial charge in [0.1, 0.15) is 18.5 Å². The smallest absolute Gasteiger partial charge is 0.340 e. The molecular weight excluding hydrogens is 295 g/mol. The van der Waals surface area contributed by atoms with Crippen LogP contribution in [-0.4, -0.2) is 5.97 Å². The molecule has 21 heavy (non-hydrogen) atoms. The van der Waals surface area contributed by atoms with Crippen molar-refractivity contribution in [2.24, 2.45) is 0 Å². The van der Waals surface area contributed by atoms with Gasteiger partial charge in [0.2, 0.25) is 0 Å². The van der Waals surface area contributed by atoms with Gasteiger partial charge in [0.05, 0.1) is 21.8 Å². The molecule has 106 valence electrons. The van der Waals surface area contributed by atoms with Crippen LogP contribution in [0.15, 0.2) is 36.4 Å². The zero-order valence-corrected chi connectivity index (χ0v) is 11.5. The fraction of sp³-hybridized carbons (Fsp3) is 0.0667. The molecule has 0 heterocycles. The highest BCUT2D eigenvalue weighted by Crippen LogP contribution is 2.23. The SMILES string of the molecule is N#Cc1cc(COC(=O)c2cccc(Cl)c2N)ccc1F. The quantitative estimate of drug-likeness (QED) is 0.697. The average molecular weight is 305 g/mol. The number of esters is 1. The molecule has 0 radical (unpaired) electrons. The van der Waals surface area contributed by atoms with Gasteiger partial charge in [0.15, 0.2) is 0 Å². The minimum Gasteiger partial charge on any atom is -0.457 e. The maximum Gasteiger partial charge on any atom is 0.340 e. The van der Waals surface area contributed by atoms with Crippen LogP contribution in [-0.2, 0) is 11.3 Å². The van der Waals surface area contributed by atoms with Crippen molar-refractivity contribution in [2.45, 2.75) is 6.61 Å². The minimum absolute atomic E-state index is 0.0975. The maximum atomic E-state index is 13.2. The number of halogens is 2. The number of nitrogens with zero attached hydrogens (tertiary/aromatic N) is 1. The summed E-state index contributed by atoms with van der Waals surface area (Å²) in [6.45, 7) is -0.0975. The summed E-state index contributed by atoms with van der Waals surface area (Å²) < 4.78 is 18.2. The second kappa shape index (κ2) is 6.25. The van der Waals surface area contributed by atoms with Crippen LogP contribution in [0.3, 0.4) is 0 Å². The molecule has 0 unspecified atom stereocenters. The first-order valence-corrected chi connectivity index (χ1v) is 6.30. The van der Waals surface area contributed by atoms with Crippen LogP contribution < -0.4 is 5.73 Å². The fourth-order valence-electron chi connectivity index (χ4n) is 1.69. The number of hydrogen-bond acceptors (Lipinski definition) is 4. The molecule has 0 amide bonds. The third-order valence-corrected chi connectivity index (χ3v) is 3.12. The Balaban J connectivity index is 2.11. The van der Waals surface area contributed by atoms with Gasteiger partial charge in [-0.2, -0.15) is 5.26 Å². The molecule has 0 aromatic heterocycles. The molecule has 0 spiro atoms. The standard InChI is InChI=1S/C15H10ClFN2O2/c16-12-3-1-2-11(14(12)19)15(20)21-8-9-4-5-13(17)10(6-9)7-18/h1-6H,8,19H2. The van der Waals surface area contributed by atoms with E-state index in [-0.39, 0.29) is 28.4 Å². The molecule has 0 fully saturated rings. The summed E-state index contributed by atoms with van der Waals surface area (Å²) in [5, 5.41) is 9.00. The van der Waals surface area contributed by atoms with Crippen molar-refractivity contribution in [1.82, 2.24) is 0 Å². The predicted molar refractivity (Wildman–Crippen MR) is 76.1 cm³/mol. The summed E-state index contributed by atoms with van der Waals surface area (Å²) in [5.41, 5.74) is 6.39. The number of nitrogens with two attached hydrogens (primary N) is 1. The number of hydrogen-bond donors (Lipinski definition) is 1. The van der Waals surface area contributed by atoms with E-state index in [2.05, 4.69) is 0 Å². The lowest BCUT2D eigenvalue weighted by atomic mass is 10.1. The van der Waals surface area contributed by atoms with E-state index >= 15 is 0 Å². The molecule has 2 N–H and O–H groups in total. The number of para-hydroxylation sites is 1. The predicted octanol–water partition coefficient (Wildman–Crippen LogP) is 3.29. The first-order valence-electron chi connectivity index (χ1n) is 5.92. The van der Waals surface area contributed by atoms with E-state index in [0.717, 1.165) is 6.07 Å². The largest absolute Gasteiger partial charge is 0.457 e. The minimum atomic E-state index is -0.641. The highest BCUT2D eigenvalue weighted by molar-refractivity contribution is 6.33. The molecule has 0 aliphatic rings. The number of nitrogen functional groups attached to an aromatic ring is 1. The number of carbonyl (C=O) groups is 1. The van der Waals surface area contributed by atoms with Gasteiger partial charge >= 0.3 is 5.97 Å². The lowest BCUT2D eigenvalue weighted by molar-refractivity contribution is 0.0474. The van der Waals surface area contributed by atoms with Gasteiger partial charge < -0.3 is 10.5 Å². The molecule has 4 nitrogen and oxygen atoms in total. The van der Waals surface area contributed by atoms with Gasteiger partial charge in [-0.3, -0.25) is 0 Å². The van der Waals surface area contributed by atoms with E-state index in [1.54, 1.807) is 18.2 Å². The Labute approximate surface area is 125 Å². The van der Waals surface area contributed by atoms with Crippen LogP contribution in [0.5, 0.6) is 0 Å². The summed E-state index contributed by atoms with van der Waals surface area (Å²) in [5.74, 6) is -1.26. The number of benzene rings is 2. The Morgan fingerprint density at radius 1 is 1.38 bits per heavy atom. The monoisotopic (exact) mass is 304 g/mol. The van der Waals surface area contributed by atoms with Gasteiger partial charge in [-0.25, -0.2) is 9.18 Å². The second-order valence-corrected chi connectivity index (χ2v) is 4.61. The van der Waals surface area contributed by atoms with E-state index in [0.29, 0.717) is 5.56 Å². The summed E-state index contributed by atoms with van der Waals surface area (Å²) in [6.07, 6.45) is 0. The summed E-state index contributed by atoms with van der Waals surface area (Å²) in [7, 11) is 0. The van der Waals surface area contributed by atoms with E-state index in [9.17, 15) is 9.18 Å². The van der Waals surface area contributed by atoms with E-state index in [1.807, 2.05) is 0 Å². The molecule has 0 aliphatic heterocycles. The summed E-state index contributed by atoms with van der Waals surface area (Å²) in [4.78, 5) is 11.9. The molecule has 0 bridgehead atoms. The van der Waals surface area contributed by atoms with Crippen LogP contribution in [0, 0.1) is 17.1 Å². The van der Waals surface area contributed by atoms with Crippen molar-refractivity contribution in [3.05, 3.63) is 63.9 Å². The lowest BCUT2D eigenvalue weighted by Gasteiger charge is -2.08. The van der Waals surface area contributed by atoms with Crippen LogP contribution >= 0.6 is 11.6 Å². The lowest BCUT2D eigenvalue weighted by Crippen LogP contribution is -2.08. The van der Waals surface area contributed by atoms with Gasteiger partial charge in [0.25, 0.3) is 0 Å². The van der Waals surface area contributed by atoms with Crippen LogP contribution in [0.25, 0.3) is 0 Å². The van der Waals surface area contributed by atoms with Crippen LogP contribution in [0.1, 0.15) is 21.5 Å². The normalized spacial score (nSPS) is 9.95. The number of anilines is 1. The molecule has 0 saturated carbocycles. The number of ether oxygens (including phenoxy) is 1. The van der Waals surface area contributed by atoms with Gasteiger partial charge in [0, 0.05) is 0 Å². The van der Waals surface area contributed by atoms with E-state index < -0.39 is 11.8 Å². The maximum absolute atomic E-state index is 13.2. The Bertz CT molecular complexity index is 741. The molecule has 0 atom stereocenters. The molecule has 0 aliphatic carbocycles.